The van der Waals surface area contributed by atoms with Crippen LogP contribution in [0.15, 0.2) is 24.3 Å². The lowest BCUT2D eigenvalue weighted by Crippen LogP contribution is -2.45. The lowest BCUT2D eigenvalue weighted by atomic mass is 9.95. The van der Waals surface area contributed by atoms with Crippen LogP contribution in [0.4, 0.5) is 13.2 Å². The first-order valence-corrected chi connectivity index (χ1v) is 9.02. The third-order valence-corrected chi connectivity index (χ3v) is 5.27. The van der Waals surface area contributed by atoms with Gasteiger partial charge < -0.3 is 14.8 Å². The predicted octanol–water partition coefficient (Wildman–Crippen LogP) is 2.02. The van der Waals surface area contributed by atoms with E-state index in [-0.39, 0.29) is 19.0 Å². The molecule has 27 heavy (non-hydrogen) atoms. The molecule has 0 aliphatic carbocycles. The van der Waals surface area contributed by atoms with E-state index in [9.17, 15) is 18.0 Å². The van der Waals surface area contributed by atoms with E-state index in [4.69, 9.17) is 0 Å². The Morgan fingerprint density at radius 1 is 1.11 bits per heavy atom. The largest absolute Gasteiger partial charge is 0.349 e. The summed E-state index contributed by atoms with van der Waals surface area (Å²) in [5, 5.41) is 11.7. The Morgan fingerprint density at radius 2 is 1.81 bits per heavy atom. The van der Waals surface area contributed by atoms with Crippen LogP contribution in [0.1, 0.15) is 36.0 Å². The van der Waals surface area contributed by atoms with Gasteiger partial charge in [0.05, 0.1) is 6.54 Å². The maximum Gasteiger partial charge on any atom is 0.349 e. The number of fused-ring (bicyclic) bond motifs is 1. The van der Waals surface area contributed by atoms with Gasteiger partial charge in [-0.15, -0.1) is 10.2 Å². The smallest absolute Gasteiger partial charge is 0.337 e. The molecule has 2 aromatic rings. The van der Waals surface area contributed by atoms with Crippen molar-refractivity contribution in [3.05, 3.63) is 47.3 Å². The van der Waals surface area contributed by atoms with Crippen LogP contribution in [-0.4, -0.2) is 45.2 Å². The average molecular weight is 379 g/mol. The number of hydrogen-bond donors (Lipinski definition) is 1. The Labute approximate surface area is 154 Å². The highest BCUT2D eigenvalue weighted by molar-refractivity contribution is 5.85. The number of piperidine rings is 1. The number of hydrogen-bond acceptors (Lipinski definition) is 4. The van der Waals surface area contributed by atoms with Crippen LogP contribution in [0.5, 0.6) is 0 Å². The Kier molecular flexibility index (Phi) is 4.63. The Morgan fingerprint density at radius 3 is 2.52 bits per heavy atom. The molecule has 1 aromatic heterocycles. The molecule has 1 amide bonds. The summed E-state index contributed by atoms with van der Waals surface area (Å²) in [7, 11) is 0. The second kappa shape index (κ2) is 6.95. The number of aromatic nitrogens is 3. The van der Waals surface area contributed by atoms with Gasteiger partial charge in [0.2, 0.25) is 0 Å². The zero-order valence-electron chi connectivity index (χ0n) is 14.7. The minimum atomic E-state index is -3.67. The van der Waals surface area contributed by atoms with Crippen molar-refractivity contribution >= 4 is 5.91 Å². The zero-order valence-corrected chi connectivity index (χ0v) is 14.7. The quantitative estimate of drug-likeness (QED) is 0.886. The summed E-state index contributed by atoms with van der Waals surface area (Å²) >= 11 is 0. The molecular weight excluding hydrogens is 359 g/mol. The molecule has 4 rings (SSSR count). The number of halogens is 3. The van der Waals surface area contributed by atoms with Gasteiger partial charge in [-0.05, 0) is 37.1 Å². The number of amides is 1. The van der Waals surface area contributed by atoms with E-state index in [2.05, 4.69) is 20.1 Å². The number of nitrogens with one attached hydrogen (secondary N) is 1. The minimum absolute atomic E-state index is 0.104. The fourth-order valence-electron chi connectivity index (χ4n) is 3.74. The predicted molar refractivity (Wildman–Crippen MR) is 90.6 cm³/mol. The first-order chi connectivity index (χ1) is 13.0. The number of carbonyl (C=O) groups is 1. The van der Waals surface area contributed by atoms with Crippen molar-refractivity contribution in [3.8, 4) is 0 Å². The monoisotopic (exact) mass is 379 g/mol. The van der Waals surface area contributed by atoms with Crippen molar-refractivity contribution in [2.75, 3.05) is 19.6 Å². The lowest BCUT2D eigenvalue weighted by Gasteiger charge is -2.34. The van der Waals surface area contributed by atoms with Crippen molar-refractivity contribution in [1.82, 2.24) is 25.0 Å². The molecule has 9 heteroatoms. The summed E-state index contributed by atoms with van der Waals surface area (Å²) in [6, 6.07) is 3.78. The second-order valence-electron chi connectivity index (χ2n) is 6.95. The molecule has 1 saturated heterocycles. The fraction of sp³-hybridized carbons (Fsp3) is 0.500. The number of likely N-dealkylation sites (tertiary alicyclic amines) is 1. The number of alkyl halides is 2. The first kappa shape index (κ1) is 18.0. The molecule has 6 nitrogen and oxygen atoms in total. The van der Waals surface area contributed by atoms with Gasteiger partial charge in [-0.1, -0.05) is 0 Å². The zero-order chi connectivity index (χ0) is 19.0. The molecular formula is C18H20F3N5O. The Bertz CT molecular complexity index is 828. The summed E-state index contributed by atoms with van der Waals surface area (Å²) in [5.74, 6) is -3.65. The van der Waals surface area contributed by atoms with Gasteiger partial charge in [0.25, 0.3) is 5.91 Å². The standard InChI is InChI=1S/C18H20F3N5O/c19-14-3-1-13(2-4-14)18(20,21)17(27)25-8-5-12(6-9-25)16-24-23-15-11-22-7-10-26(15)16/h1-4,12,22H,5-11H2. The molecule has 2 aliphatic heterocycles. The second-order valence-corrected chi connectivity index (χ2v) is 6.95. The van der Waals surface area contributed by atoms with Gasteiger partial charge in [0, 0.05) is 37.7 Å². The van der Waals surface area contributed by atoms with Crippen LogP contribution in [0, 0.1) is 5.82 Å². The van der Waals surface area contributed by atoms with E-state index in [1.54, 1.807) is 0 Å². The lowest BCUT2D eigenvalue weighted by molar-refractivity contribution is -0.160. The highest BCUT2D eigenvalue weighted by atomic mass is 19.3. The van der Waals surface area contributed by atoms with Crippen molar-refractivity contribution in [2.45, 2.75) is 37.8 Å². The molecule has 0 radical (unpaired) electrons. The molecule has 0 bridgehead atoms. The highest BCUT2D eigenvalue weighted by Gasteiger charge is 2.45. The Balaban J connectivity index is 1.43. The summed E-state index contributed by atoms with van der Waals surface area (Å²) in [4.78, 5) is 13.6. The van der Waals surface area contributed by atoms with E-state index >= 15 is 0 Å². The van der Waals surface area contributed by atoms with E-state index < -0.39 is 23.2 Å². The van der Waals surface area contributed by atoms with Gasteiger partial charge in [-0.25, -0.2) is 4.39 Å². The Hall–Kier alpha value is -2.42. The third kappa shape index (κ3) is 3.31. The van der Waals surface area contributed by atoms with Crippen molar-refractivity contribution in [2.24, 2.45) is 0 Å². The van der Waals surface area contributed by atoms with Crippen molar-refractivity contribution in [1.29, 1.82) is 0 Å². The van der Waals surface area contributed by atoms with Crippen molar-refractivity contribution < 1.29 is 18.0 Å². The molecule has 0 spiro atoms. The maximum atomic E-state index is 14.5. The SMILES string of the molecule is O=C(N1CCC(c2nnc3n2CCNC3)CC1)C(F)(F)c1ccc(F)cc1. The summed E-state index contributed by atoms with van der Waals surface area (Å²) in [6.07, 6.45) is 1.13. The van der Waals surface area contributed by atoms with Crippen LogP contribution in [0.25, 0.3) is 0 Å². The molecule has 1 aromatic carbocycles. The number of carbonyl (C=O) groups excluding carboxylic acids is 1. The number of nitrogens with zero attached hydrogens (tertiary/aromatic N) is 4. The molecule has 2 aliphatic rings. The molecule has 0 unspecified atom stereocenters. The molecule has 144 valence electrons. The summed E-state index contributed by atoms with van der Waals surface area (Å²) in [6.45, 7) is 2.79. The third-order valence-electron chi connectivity index (χ3n) is 5.27. The van der Waals surface area contributed by atoms with Crippen LogP contribution in [-0.2, 0) is 23.8 Å². The van der Waals surface area contributed by atoms with Gasteiger partial charge in [0.15, 0.2) is 0 Å². The molecule has 0 saturated carbocycles. The molecule has 3 heterocycles. The topological polar surface area (TPSA) is 63.1 Å². The fourth-order valence-corrected chi connectivity index (χ4v) is 3.74. The maximum absolute atomic E-state index is 14.5. The number of benzene rings is 1. The van der Waals surface area contributed by atoms with Gasteiger partial charge >= 0.3 is 5.92 Å². The number of rotatable bonds is 3. The van der Waals surface area contributed by atoms with Gasteiger partial charge in [-0.2, -0.15) is 8.78 Å². The molecule has 1 fully saturated rings. The average Bonchev–Trinajstić information content (AvgIpc) is 3.12. The van der Waals surface area contributed by atoms with E-state index in [0.29, 0.717) is 19.4 Å². The van der Waals surface area contributed by atoms with Crippen molar-refractivity contribution in [3.63, 3.8) is 0 Å². The van der Waals surface area contributed by atoms with Crippen LogP contribution >= 0.6 is 0 Å². The summed E-state index contributed by atoms with van der Waals surface area (Å²) < 4.78 is 44.1. The van der Waals surface area contributed by atoms with E-state index in [0.717, 1.165) is 49.0 Å². The molecule has 1 N–H and O–H groups in total. The first-order valence-electron chi connectivity index (χ1n) is 9.02. The molecule has 0 atom stereocenters. The normalized spacial score (nSPS) is 18.4. The van der Waals surface area contributed by atoms with E-state index in [1.165, 1.54) is 4.90 Å². The van der Waals surface area contributed by atoms with Crippen LogP contribution in [0.3, 0.4) is 0 Å². The van der Waals surface area contributed by atoms with Gasteiger partial charge in [0.1, 0.15) is 17.5 Å². The van der Waals surface area contributed by atoms with Crippen LogP contribution < -0.4 is 5.32 Å². The van der Waals surface area contributed by atoms with Gasteiger partial charge in [-0.3, -0.25) is 4.79 Å². The van der Waals surface area contributed by atoms with E-state index in [1.807, 2.05) is 0 Å². The summed E-state index contributed by atoms with van der Waals surface area (Å²) in [5.41, 5.74) is -0.491. The van der Waals surface area contributed by atoms with Crippen LogP contribution in [0.2, 0.25) is 0 Å². The highest BCUT2D eigenvalue weighted by Crippen LogP contribution is 2.34. The minimum Gasteiger partial charge on any atom is -0.337 e.